The van der Waals surface area contributed by atoms with E-state index in [2.05, 4.69) is 25.7 Å². The van der Waals surface area contributed by atoms with E-state index in [9.17, 15) is 0 Å². The Morgan fingerprint density at radius 3 is 2.77 bits per heavy atom. The second-order valence-electron chi connectivity index (χ2n) is 4.24. The highest BCUT2D eigenvalue weighted by Gasteiger charge is 2.30. The number of rotatable bonds is 5. The van der Waals surface area contributed by atoms with Gasteiger partial charge < -0.3 is 5.32 Å². The van der Waals surface area contributed by atoms with Crippen molar-refractivity contribution >= 4 is 0 Å². The van der Waals surface area contributed by atoms with Crippen molar-refractivity contribution < 1.29 is 0 Å². The van der Waals surface area contributed by atoms with Crippen LogP contribution >= 0.6 is 0 Å². The van der Waals surface area contributed by atoms with Crippen molar-refractivity contribution in [2.24, 2.45) is 11.8 Å². The SMILES string of the molecule is C=CCCNC1CCC(CC)C1C. The van der Waals surface area contributed by atoms with E-state index in [1.807, 2.05) is 6.08 Å². The molecule has 0 bridgehead atoms. The van der Waals surface area contributed by atoms with Crippen LogP contribution in [0.15, 0.2) is 12.7 Å². The van der Waals surface area contributed by atoms with E-state index in [1.54, 1.807) is 0 Å². The van der Waals surface area contributed by atoms with Crippen LogP contribution in [0.3, 0.4) is 0 Å². The average molecular weight is 181 g/mol. The largest absolute Gasteiger partial charge is 0.313 e. The monoisotopic (exact) mass is 181 g/mol. The van der Waals surface area contributed by atoms with Crippen LogP contribution in [0.2, 0.25) is 0 Å². The molecule has 1 N–H and O–H groups in total. The summed E-state index contributed by atoms with van der Waals surface area (Å²) in [6.07, 6.45) is 7.23. The minimum atomic E-state index is 0.768. The fourth-order valence-corrected chi connectivity index (χ4v) is 2.48. The molecule has 1 saturated carbocycles. The van der Waals surface area contributed by atoms with Crippen molar-refractivity contribution in [2.45, 2.75) is 45.6 Å². The molecule has 0 aliphatic heterocycles. The number of nitrogens with one attached hydrogen (secondary N) is 1. The molecule has 13 heavy (non-hydrogen) atoms. The molecule has 76 valence electrons. The zero-order valence-corrected chi connectivity index (χ0v) is 9.05. The molecule has 3 unspecified atom stereocenters. The zero-order chi connectivity index (χ0) is 9.68. The maximum Gasteiger partial charge on any atom is 0.00955 e. The van der Waals surface area contributed by atoms with Crippen LogP contribution in [-0.4, -0.2) is 12.6 Å². The lowest BCUT2D eigenvalue weighted by Crippen LogP contribution is -2.33. The van der Waals surface area contributed by atoms with Crippen molar-refractivity contribution in [1.82, 2.24) is 5.32 Å². The van der Waals surface area contributed by atoms with E-state index >= 15 is 0 Å². The molecular weight excluding hydrogens is 158 g/mol. The first-order chi connectivity index (χ1) is 6.29. The van der Waals surface area contributed by atoms with Gasteiger partial charge in [-0.05, 0) is 37.6 Å². The van der Waals surface area contributed by atoms with Gasteiger partial charge in [-0.15, -0.1) is 6.58 Å². The highest BCUT2D eigenvalue weighted by Crippen LogP contribution is 2.33. The summed E-state index contributed by atoms with van der Waals surface area (Å²) in [7, 11) is 0. The summed E-state index contributed by atoms with van der Waals surface area (Å²) < 4.78 is 0. The third kappa shape index (κ3) is 2.84. The topological polar surface area (TPSA) is 12.0 Å². The van der Waals surface area contributed by atoms with Crippen molar-refractivity contribution in [3.8, 4) is 0 Å². The van der Waals surface area contributed by atoms with Crippen LogP contribution in [0.4, 0.5) is 0 Å². The predicted molar refractivity (Wildman–Crippen MR) is 58.8 cm³/mol. The average Bonchev–Trinajstić information content (AvgIpc) is 2.48. The molecule has 0 aromatic carbocycles. The maximum absolute atomic E-state index is 3.73. The van der Waals surface area contributed by atoms with E-state index in [4.69, 9.17) is 0 Å². The molecule has 0 saturated heterocycles. The van der Waals surface area contributed by atoms with Crippen LogP contribution < -0.4 is 5.32 Å². The molecule has 3 atom stereocenters. The minimum absolute atomic E-state index is 0.768. The normalized spacial score (nSPS) is 33.5. The molecular formula is C12H23N. The molecule has 0 aromatic rings. The highest BCUT2D eigenvalue weighted by atomic mass is 14.9. The lowest BCUT2D eigenvalue weighted by Gasteiger charge is -2.20. The Bertz CT molecular complexity index is 153. The lowest BCUT2D eigenvalue weighted by atomic mass is 9.93. The van der Waals surface area contributed by atoms with Crippen molar-refractivity contribution in [1.29, 1.82) is 0 Å². The molecule has 0 spiro atoms. The van der Waals surface area contributed by atoms with Crippen LogP contribution in [0.1, 0.15) is 39.5 Å². The van der Waals surface area contributed by atoms with Gasteiger partial charge in [0.15, 0.2) is 0 Å². The highest BCUT2D eigenvalue weighted by molar-refractivity contribution is 4.86. The van der Waals surface area contributed by atoms with Gasteiger partial charge in [-0.2, -0.15) is 0 Å². The second-order valence-corrected chi connectivity index (χ2v) is 4.24. The predicted octanol–water partition coefficient (Wildman–Crippen LogP) is 2.98. The van der Waals surface area contributed by atoms with Gasteiger partial charge in [0.05, 0.1) is 0 Å². The van der Waals surface area contributed by atoms with E-state index in [0.29, 0.717) is 0 Å². The van der Waals surface area contributed by atoms with Gasteiger partial charge in [-0.1, -0.05) is 26.3 Å². The summed E-state index contributed by atoms with van der Waals surface area (Å²) in [5, 5.41) is 3.63. The first kappa shape index (κ1) is 10.8. The Labute approximate surface area is 82.6 Å². The van der Waals surface area contributed by atoms with Crippen LogP contribution in [0.25, 0.3) is 0 Å². The van der Waals surface area contributed by atoms with Gasteiger partial charge >= 0.3 is 0 Å². The number of hydrogen-bond acceptors (Lipinski definition) is 1. The van der Waals surface area contributed by atoms with Crippen LogP contribution in [-0.2, 0) is 0 Å². The Balaban J connectivity index is 2.24. The Morgan fingerprint density at radius 2 is 2.23 bits per heavy atom. The van der Waals surface area contributed by atoms with Gasteiger partial charge in [0.25, 0.3) is 0 Å². The standard InChI is InChI=1S/C12H23N/c1-4-6-9-13-12-8-7-11(5-2)10(12)3/h4,10-13H,1,5-9H2,2-3H3. The van der Waals surface area contributed by atoms with E-state index < -0.39 is 0 Å². The molecule has 0 amide bonds. The summed E-state index contributed by atoms with van der Waals surface area (Å²) in [5.74, 6) is 1.83. The molecule has 1 heteroatoms. The van der Waals surface area contributed by atoms with Crippen LogP contribution in [0.5, 0.6) is 0 Å². The number of hydrogen-bond donors (Lipinski definition) is 1. The molecule has 1 nitrogen and oxygen atoms in total. The third-order valence-corrected chi connectivity index (χ3v) is 3.51. The summed E-state index contributed by atoms with van der Waals surface area (Å²) in [6, 6.07) is 0.768. The summed E-state index contributed by atoms with van der Waals surface area (Å²) >= 11 is 0. The van der Waals surface area contributed by atoms with Gasteiger partial charge in [0.2, 0.25) is 0 Å². The van der Waals surface area contributed by atoms with Gasteiger partial charge in [-0.3, -0.25) is 0 Å². The van der Waals surface area contributed by atoms with E-state index in [-0.39, 0.29) is 0 Å². The smallest absolute Gasteiger partial charge is 0.00955 e. The lowest BCUT2D eigenvalue weighted by molar-refractivity contribution is 0.347. The Kier molecular flexibility index (Phi) is 4.51. The Hall–Kier alpha value is -0.300. The molecule has 1 fully saturated rings. The summed E-state index contributed by atoms with van der Waals surface area (Å²) in [6.45, 7) is 9.55. The van der Waals surface area contributed by atoms with Gasteiger partial charge in [0.1, 0.15) is 0 Å². The first-order valence-corrected chi connectivity index (χ1v) is 5.63. The van der Waals surface area contributed by atoms with Crippen molar-refractivity contribution in [3.63, 3.8) is 0 Å². The molecule has 0 heterocycles. The molecule has 0 aromatic heterocycles. The fraction of sp³-hybridized carbons (Fsp3) is 0.833. The van der Waals surface area contributed by atoms with E-state index in [1.165, 1.54) is 19.3 Å². The van der Waals surface area contributed by atoms with Gasteiger partial charge in [-0.25, -0.2) is 0 Å². The third-order valence-electron chi connectivity index (χ3n) is 3.51. The minimum Gasteiger partial charge on any atom is -0.313 e. The summed E-state index contributed by atoms with van der Waals surface area (Å²) in [4.78, 5) is 0. The molecule has 1 aliphatic rings. The fourth-order valence-electron chi connectivity index (χ4n) is 2.48. The molecule has 0 radical (unpaired) electrons. The maximum atomic E-state index is 3.73. The van der Waals surface area contributed by atoms with E-state index in [0.717, 1.165) is 30.8 Å². The summed E-state index contributed by atoms with van der Waals surface area (Å²) in [5.41, 5.74) is 0. The van der Waals surface area contributed by atoms with Crippen molar-refractivity contribution in [3.05, 3.63) is 12.7 Å². The molecule has 1 aliphatic carbocycles. The Morgan fingerprint density at radius 1 is 1.46 bits per heavy atom. The molecule has 1 rings (SSSR count). The first-order valence-electron chi connectivity index (χ1n) is 5.63. The second kappa shape index (κ2) is 5.43. The van der Waals surface area contributed by atoms with Gasteiger partial charge in [0, 0.05) is 6.04 Å². The van der Waals surface area contributed by atoms with Crippen LogP contribution in [0, 0.1) is 11.8 Å². The zero-order valence-electron chi connectivity index (χ0n) is 9.05. The van der Waals surface area contributed by atoms with Crippen molar-refractivity contribution in [2.75, 3.05) is 6.54 Å². The quantitative estimate of drug-likeness (QED) is 0.508.